The average molecular weight is 382 g/mol. The lowest BCUT2D eigenvalue weighted by Crippen LogP contribution is -2.11. The highest BCUT2D eigenvalue weighted by Crippen LogP contribution is 2.26. The number of rotatable bonds is 4. The van der Waals surface area contributed by atoms with Crippen molar-refractivity contribution in [3.8, 4) is 11.3 Å². The number of nitrogens with one attached hydrogen (secondary N) is 1. The van der Waals surface area contributed by atoms with Gasteiger partial charge in [0.2, 0.25) is 5.13 Å². The van der Waals surface area contributed by atoms with Crippen molar-refractivity contribution in [2.75, 3.05) is 5.43 Å². The van der Waals surface area contributed by atoms with Crippen LogP contribution in [0.3, 0.4) is 0 Å². The molecule has 5 heteroatoms. The van der Waals surface area contributed by atoms with Crippen molar-refractivity contribution >= 4 is 22.2 Å². The molecule has 0 spiro atoms. The first-order chi connectivity index (χ1) is 12.7. The number of aromatic nitrogens is 1. The van der Waals surface area contributed by atoms with Crippen LogP contribution in [-0.4, -0.2) is 10.7 Å². The molecule has 3 rings (SSSR count). The first-order valence-electron chi connectivity index (χ1n) is 8.87. The van der Waals surface area contributed by atoms with Gasteiger partial charge in [-0.2, -0.15) is 5.10 Å². The smallest absolute Gasteiger partial charge is 0.203 e. The summed E-state index contributed by atoms with van der Waals surface area (Å²) in [5.74, 6) is -0.204. The lowest BCUT2D eigenvalue weighted by molar-refractivity contribution is 0.590. The summed E-state index contributed by atoms with van der Waals surface area (Å²) in [6.45, 7) is 10.3. The third-order valence-electron chi connectivity index (χ3n) is 4.45. The molecule has 0 saturated heterocycles. The standard InChI is InChI=1S/C22H24FN3S/c1-14-12-17(8-11-19(14)23)20-13-27-21(24-20)26-25-15(2)16-6-9-18(10-7-16)22(3,4)5/h6-13H,1-5H3,(H,24,26)/b25-15+. The molecule has 3 aromatic rings. The van der Waals surface area contributed by atoms with Crippen LogP contribution in [0, 0.1) is 12.7 Å². The van der Waals surface area contributed by atoms with Crippen molar-refractivity contribution < 1.29 is 4.39 Å². The van der Waals surface area contributed by atoms with Crippen LogP contribution < -0.4 is 5.43 Å². The van der Waals surface area contributed by atoms with Crippen LogP contribution in [0.5, 0.6) is 0 Å². The molecule has 0 fully saturated rings. The van der Waals surface area contributed by atoms with Gasteiger partial charge in [0.15, 0.2) is 0 Å². The van der Waals surface area contributed by atoms with Gasteiger partial charge in [-0.3, -0.25) is 5.43 Å². The molecular formula is C22H24FN3S. The number of hydrazone groups is 1. The van der Waals surface area contributed by atoms with Gasteiger partial charge in [0.25, 0.3) is 0 Å². The highest BCUT2D eigenvalue weighted by atomic mass is 32.1. The van der Waals surface area contributed by atoms with Gasteiger partial charge in [0.1, 0.15) is 5.82 Å². The summed E-state index contributed by atoms with van der Waals surface area (Å²) >= 11 is 1.47. The minimum atomic E-state index is -0.204. The second kappa shape index (κ2) is 7.61. The van der Waals surface area contributed by atoms with Gasteiger partial charge in [0, 0.05) is 10.9 Å². The van der Waals surface area contributed by atoms with E-state index in [9.17, 15) is 4.39 Å². The normalized spacial score (nSPS) is 12.3. The van der Waals surface area contributed by atoms with Gasteiger partial charge in [-0.25, -0.2) is 9.37 Å². The minimum absolute atomic E-state index is 0.137. The Kier molecular flexibility index (Phi) is 5.42. The van der Waals surface area contributed by atoms with Crippen molar-refractivity contribution in [2.24, 2.45) is 5.10 Å². The third-order valence-corrected chi connectivity index (χ3v) is 5.19. The first kappa shape index (κ1) is 19.2. The summed E-state index contributed by atoms with van der Waals surface area (Å²) in [7, 11) is 0. The SMILES string of the molecule is C/C(=N\Nc1nc(-c2ccc(F)c(C)c2)cs1)c1ccc(C(C)(C)C)cc1. The van der Waals surface area contributed by atoms with Crippen molar-refractivity contribution in [3.05, 3.63) is 70.4 Å². The maximum atomic E-state index is 13.4. The average Bonchev–Trinajstić information content (AvgIpc) is 3.10. The maximum Gasteiger partial charge on any atom is 0.203 e. The molecule has 0 unspecified atom stereocenters. The molecule has 0 atom stereocenters. The fourth-order valence-electron chi connectivity index (χ4n) is 2.67. The van der Waals surface area contributed by atoms with E-state index in [4.69, 9.17) is 0 Å². The van der Waals surface area contributed by atoms with Crippen LogP contribution in [-0.2, 0) is 5.41 Å². The van der Waals surface area contributed by atoms with E-state index in [2.05, 4.69) is 60.5 Å². The Labute approximate surface area is 164 Å². The van der Waals surface area contributed by atoms with E-state index in [0.717, 1.165) is 22.5 Å². The zero-order chi connectivity index (χ0) is 19.6. The maximum absolute atomic E-state index is 13.4. The fraction of sp³-hybridized carbons (Fsp3) is 0.273. The van der Waals surface area contributed by atoms with Crippen LogP contribution in [0.25, 0.3) is 11.3 Å². The van der Waals surface area contributed by atoms with Gasteiger partial charge >= 0.3 is 0 Å². The van der Waals surface area contributed by atoms with Crippen molar-refractivity contribution in [3.63, 3.8) is 0 Å². The molecule has 2 aromatic carbocycles. The number of thiazole rings is 1. The first-order valence-corrected chi connectivity index (χ1v) is 9.75. The van der Waals surface area contributed by atoms with Crippen LogP contribution in [0.1, 0.15) is 44.4 Å². The summed E-state index contributed by atoms with van der Waals surface area (Å²) in [5.41, 5.74) is 8.75. The zero-order valence-corrected chi connectivity index (χ0v) is 17.1. The molecule has 27 heavy (non-hydrogen) atoms. The molecule has 0 amide bonds. The Balaban J connectivity index is 1.72. The predicted molar refractivity (Wildman–Crippen MR) is 113 cm³/mol. The van der Waals surface area contributed by atoms with E-state index in [1.165, 1.54) is 23.0 Å². The molecule has 3 nitrogen and oxygen atoms in total. The molecule has 0 bridgehead atoms. The largest absolute Gasteiger partial charge is 0.252 e. The number of halogens is 1. The quantitative estimate of drug-likeness (QED) is 0.420. The van der Waals surface area contributed by atoms with Crippen LogP contribution in [0.4, 0.5) is 9.52 Å². The second-order valence-electron chi connectivity index (χ2n) is 7.64. The summed E-state index contributed by atoms with van der Waals surface area (Å²) in [4.78, 5) is 4.54. The second-order valence-corrected chi connectivity index (χ2v) is 8.50. The van der Waals surface area contributed by atoms with E-state index in [-0.39, 0.29) is 11.2 Å². The lowest BCUT2D eigenvalue weighted by Gasteiger charge is -2.19. The van der Waals surface area contributed by atoms with Gasteiger partial charge in [-0.05, 0) is 54.2 Å². The monoisotopic (exact) mass is 381 g/mol. The summed E-state index contributed by atoms with van der Waals surface area (Å²) in [6, 6.07) is 13.5. The number of anilines is 1. The van der Waals surface area contributed by atoms with Gasteiger partial charge < -0.3 is 0 Å². The lowest BCUT2D eigenvalue weighted by atomic mass is 9.86. The van der Waals surface area contributed by atoms with Crippen LogP contribution >= 0.6 is 11.3 Å². The number of nitrogens with zero attached hydrogens (tertiary/aromatic N) is 2. The van der Waals surface area contributed by atoms with Gasteiger partial charge in [-0.15, -0.1) is 11.3 Å². The Hall–Kier alpha value is -2.53. The van der Waals surface area contributed by atoms with Crippen molar-refractivity contribution in [1.29, 1.82) is 0 Å². The van der Waals surface area contributed by atoms with Gasteiger partial charge in [0.05, 0.1) is 11.4 Å². The number of benzene rings is 2. The number of hydrogen-bond donors (Lipinski definition) is 1. The Bertz CT molecular complexity index is 966. The number of hydrogen-bond acceptors (Lipinski definition) is 4. The molecule has 0 radical (unpaired) electrons. The Morgan fingerprint density at radius 2 is 1.81 bits per heavy atom. The topological polar surface area (TPSA) is 37.3 Å². The van der Waals surface area contributed by atoms with E-state index >= 15 is 0 Å². The summed E-state index contributed by atoms with van der Waals surface area (Å²) in [6.07, 6.45) is 0. The van der Waals surface area contributed by atoms with E-state index < -0.39 is 0 Å². The van der Waals surface area contributed by atoms with Crippen molar-refractivity contribution in [2.45, 2.75) is 40.0 Å². The summed E-state index contributed by atoms with van der Waals surface area (Å²) < 4.78 is 13.4. The zero-order valence-electron chi connectivity index (χ0n) is 16.3. The highest BCUT2D eigenvalue weighted by molar-refractivity contribution is 7.14. The molecule has 0 saturated carbocycles. The van der Waals surface area contributed by atoms with Crippen molar-refractivity contribution in [1.82, 2.24) is 4.98 Å². The third kappa shape index (κ3) is 4.61. The molecule has 140 valence electrons. The molecule has 0 aliphatic rings. The van der Waals surface area contributed by atoms with E-state index in [1.807, 2.05) is 12.3 Å². The van der Waals surface area contributed by atoms with Crippen LogP contribution in [0.15, 0.2) is 52.9 Å². The Morgan fingerprint density at radius 1 is 1.11 bits per heavy atom. The molecular weight excluding hydrogens is 357 g/mol. The molecule has 0 aliphatic heterocycles. The number of aryl methyl sites for hydroxylation is 1. The van der Waals surface area contributed by atoms with E-state index in [0.29, 0.717) is 10.7 Å². The minimum Gasteiger partial charge on any atom is -0.252 e. The molecule has 0 aliphatic carbocycles. The fourth-order valence-corrected chi connectivity index (χ4v) is 3.33. The van der Waals surface area contributed by atoms with Gasteiger partial charge in [-0.1, -0.05) is 45.0 Å². The van der Waals surface area contributed by atoms with E-state index in [1.54, 1.807) is 19.1 Å². The molecule has 1 heterocycles. The molecule has 1 aromatic heterocycles. The molecule has 1 N–H and O–H groups in total. The Morgan fingerprint density at radius 3 is 2.44 bits per heavy atom. The van der Waals surface area contributed by atoms with Crippen LogP contribution in [0.2, 0.25) is 0 Å². The predicted octanol–water partition coefficient (Wildman–Crippen LogP) is 6.39. The summed E-state index contributed by atoms with van der Waals surface area (Å²) in [5, 5.41) is 7.10. The highest BCUT2D eigenvalue weighted by Gasteiger charge is 2.13.